The highest BCUT2D eigenvalue weighted by Gasteiger charge is 2.11. The van der Waals surface area contributed by atoms with Gasteiger partial charge in [-0.25, -0.2) is 0 Å². The van der Waals surface area contributed by atoms with Crippen molar-refractivity contribution in [3.63, 3.8) is 0 Å². The van der Waals surface area contributed by atoms with Crippen LogP contribution in [0.4, 0.5) is 5.69 Å². The number of nitriles is 1. The molecular weight excluding hydrogens is 460 g/mol. The second kappa shape index (κ2) is 11.2. The fourth-order valence-electron chi connectivity index (χ4n) is 3.62. The molecule has 0 atom stereocenters. The molecule has 4 rings (SSSR count). The van der Waals surface area contributed by atoms with E-state index in [0.29, 0.717) is 40.1 Å². The number of hydrogen-bond donors (Lipinski definition) is 3. The predicted octanol–water partition coefficient (Wildman–Crippen LogP) is 3.06. The number of hydrogen-bond acceptors (Lipinski definition) is 8. The Morgan fingerprint density at radius 2 is 2.06 bits per heavy atom. The molecule has 0 spiro atoms. The van der Waals surface area contributed by atoms with Crippen LogP contribution in [-0.4, -0.2) is 61.2 Å². The molecule has 0 saturated carbocycles. The lowest BCUT2D eigenvalue weighted by Crippen LogP contribution is -2.38. The molecule has 10 heteroatoms. The van der Waals surface area contributed by atoms with E-state index < -0.39 is 0 Å². The van der Waals surface area contributed by atoms with E-state index in [1.165, 1.54) is 6.07 Å². The molecule has 9 nitrogen and oxygen atoms in total. The number of aromatic nitrogens is 1. The van der Waals surface area contributed by atoms with Gasteiger partial charge in [0.05, 0.1) is 35.9 Å². The van der Waals surface area contributed by atoms with Gasteiger partial charge in [-0.1, -0.05) is 11.6 Å². The number of aromatic amines is 1. The number of benzene rings is 2. The molecule has 34 heavy (non-hydrogen) atoms. The minimum atomic E-state index is -0.277. The van der Waals surface area contributed by atoms with Gasteiger partial charge in [-0.2, -0.15) is 5.26 Å². The second-order valence-corrected chi connectivity index (χ2v) is 8.22. The highest BCUT2D eigenvalue weighted by Crippen LogP contribution is 2.28. The van der Waals surface area contributed by atoms with Crippen LogP contribution in [-0.2, 0) is 16.0 Å². The Morgan fingerprint density at radius 3 is 2.85 bits per heavy atom. The maximum Gasteiger partial charge on any atom is 0.253 e. The van der Waals surface area contributed by atoms with Crippen LogP contribution in [0, 0.1) is 11.3 Å². The van der Waals surface area contributed by atoms with Crippen molar-refractivity contribution in [3.8, 4) is 17.6 Å². The van der Waals surface area contributed by atoms with Crippen molar-refractivity contribution >= 4 is 28.2 Å². The number of morpholine rings is 1. The van der Waals surface area contributed by atoms with Crippen LogP contribution in [0.3, 0.4) is 0 Å². The maximum atomic E-state index is 12.4. The number of phenolic OH excluding ortho intramolecular Hbond substituents is 1. The summed E-state index contributed by atoms with van der Waals surface area (Å²) in [5.74, 6) is 0.305. The third-order valence-corrected chi connectivity index (χ3v) is 5.83. The molecule has 2 aromatic carbocycles. The van der Waals surface area contributed by atoms with E-state index in [-0.39, 0.29) is 29.7 Å². The van der Waals surface area contributed by atoms with E-state index >= 15 is 0 Å². The first-order chi connectivity index (χ1) is 16.5. The summed E-state index contributed by atoms with van der Waals surface area (Å²) in [6.45, 7) is 4.86. The van der Waals surface area contributed by atoms with Crippen LogP contribution in [0.1, 0.15) is 11.1 Å². The number of pyridine rings is 1. The van der Waals surface area contributed by atoms with Crippen molar-refractivity contribution in [2.45, 2.75) is 6.54 Å². The predicted molar refractivity (Wildman–Crippen MR) is 128 cm³/mol. The van der Waals surface area contributed by atoms with Crippen LogP contribution >= 0.6 is 11.6 Å². The monoisotopic (exact) mass is 484 g/mol. The largest absolute Gasteiger partial charge is 0.506 e. The van der Waals surface area contributed by atoms with Crippen LogP contribution in [0.5, 0.6) is 11.5 Å². The zero-order valence-corrected chi connectivity index (χ0v) is 19.2. The van der Waals surface area contributed by atoms with Crippen LogP contribution in [0.25, 0.3) is 10.9 Å². The summed E-state index contributed by atoms with van der Waals surface area (Å²) in [6, 6.07) is 11.9. The number of nitrogens with zero attached hydrogens (tertiary/aromatic N) is 2. The maximum absolute atomic E-state index is 12.4. The van der Waals surface area contributed by atoms with E-state index in [9.17, 15) is 15.2 Å². The second-order valence-electron chi connectivity index (χ2n) is 7.82. The zero-order chi connectivity index (χ0) is 23.9. The number of fused-ring (bicyclic) bond motifs is 1. The molecule has 1 fully saturated rings. The van der Waals surface area contributed by atoms with Gasteiger partial charge >= 0.3 is 0 Å². The van der Waals surface area contributed by atoms with Gasteiger partial charge in [0.15, 0.2) is 6.79 Å². The highest BCUT2D eigenvalue weighted by atomic mass is 35.5. The summed E-state index contributed by atoms with van der Waals surface area (Å²) in [7, 11) is 0. The normalized spacial score (nSPS) is 14.1. The lowest BCUT2D eigenvalue weighted by Gasteiger charge is -2.26. The molecule has 178 valence electrons. The minimum absolute atomic E-state index is 0.0282. The van der Waals surface area contributed by atoms with Crippen molar-refractivity contribution in [2.24, 2.45) is 0 Å². The van der Waals surface area contributed by atoms with Gasteiger partial charge in [-0.15, -0.1) is 0 Å². The van der Waals surface area contributed by atoms with E-state index in [2.05, 4.69) is 21.3 Å². The van der Waals surface area contributed by atoms with Crippen molar-refractivity contribution in [1.29, 1.82) is 5.26 Å². The number of phenols is 1. The topological polar surface area (TPSA) is 120 Å². The van der Waals surface area contributed by atoms with E-state index in [0.717, 1.165) is 32.8 Å². The van der Waals surface area contributed by atoms with E-state index in [1.54, 1.807) is 30.3 Å². The molecule has 2 heterocycles. The number of aromatic hydroxyl groups is 1. The zero-order valence-electron chi connectivity index (χ0n) is 18.5. The molecule has 0 bridgehead atoms. The molecule has 1 aliphatic heterocycles. The average molecular weight is 485 g/mol. The first-order valence-corrected chi connectivity index (χ1v) is 11.2. The molecule has 3 N–H and O–H groups in total. The molecular formula is C24H25ClN4O5. The summed E-state index contributed by atoms with van der Waals surface area (Å²) in [6.07, 6.45) is 0. The van der Waals surface area contributed by atoms with Crippen molar-refractivity contribution < 1.29 is 19.3 Å². The minimum Gasteiger partial charge on any atom is -0.506 e. The number of rotatable bonds is 9. The van der Waals surface area contributed by atoms with Crippen molar-refractivity contribution in [2.75, 3.05) is 51.6 Å². The summed E-state index contributed by atoms with van der Waals surface area (Å²) >= 11 is 5.98. The van der Waals surface area contributed by atoms with Crippen molar-refractivity contribution in [1.82, 2.24) is 9.88 Å². The number of nitrogens with one attached hydrogen (secondary N) is 2. The average Bonchev–Trinajstić information content (AvgIpc) is 2.84. The molecule has 0 aliphatic carbocycles. The van der Waals surface area contributed by atoms with Gasteiger partial charge in [-0.05, 0) is 24.3 Å². The third kappa shape index (κ3) is 5.98. The molecule has 0 amide bonds. The highest BCUT2D eigenvalue weighted by molar-refractivity contribution is 6.32. The quantitative estimate of drug-likeness (QED) is 0.313. The Kier molecular flexibility index (Phi) is 7.87. The summed E-state index contributed by atoms with van der Waals surface area (Å²) < 4.78 is 16.6. The standard InChI is InChI=1S/C24H25ClN4O5/c25-20-10-17-9-18(24(31)28-21(17)12-22(20)30)14-27-19-2-1-16(13-26)23(11-19)34-15-33-8-5-29-3-6-32-7-4-29/h1-2,9-12,27,30H,3-8,14-15H2,(H,28,31). The molecule has 1 aliphatic rings. The number of halogens is 1. The Hall–Kier alpha value is -3.29. The van der Waals surface area contributed by atoms with Crippen molar-refractivity contribution in [3.05, 3.63) is 62.9 Å². The lowest BCUT2D eigenvalue weighted by molar-refractivity contribution is -0.0137. The fraction of sp³-hybridized carbons (Fsp3) is 0.333. The van der Waals surface area contributed by atoms with E-state index in [1.807, 2.05) is 0 Å². The third-order valence-electron chi connectivity index (χ3n) is 5.53. The Balaban J connectivity index is 1.36. The van der Waals surface area contributed by atoms with E-state index in [4.69, 9.17) is 25.8 Å². The Bertz CT molecular complexity index is 1250. The van der Waals surface area contributed by atoms with Gasteiger partial charge in [0.2, 0.25) is 0 Å². The first-order valence-electron chi connectivity index (χ1n) is 10.9. The van der Waals surface area contributed by atoms with Gasteiger partial charge in [0.25, 0.3) is 5.56 Å². The number of H-pyrrole nitrogens is 1. The fourth-order valence-corrected chi connectivity index (χ4v) is 3.79. The molecule has 3 aromatic rings. The molecule has 1 aromatic heterocycles. The van der Waals surface area contributed by atoms with Gasteiger partial charge in [-0.3, -0.25) is 9.69 Å². The van der Waals surface area contributed by atoms with Gasteiger partial charge in [0.1, 0.15) is 17.6 Å². The Labute approximate surface area is 201 Å². The lowest BCUT2D eigenvalue weighted by atomic mass is 10.1. The van der Waals surface area contributed by atoms with Crippen LogP contribution in [0.2, 0.25) is 5.02 Å². The number of ether oxygens (including phenoxy) is 3. The van der Waals surface area contributed by atoms with Gasteiger partial charge < -0.3 is 29.6 Å². The van der Waals surface area contributed by atoms with Crippen LogP contribution < -0.4 is 15.6 Å². The first kappa shape index (κ1) is 23.9. The molecule has 0 radical (unpaired) electrons. The summed E-state index contributed by atoms with van der Waals surface area (Å²) in [5, 5.41) is 23.2. The molecule has 1 saturated heterocycles. The van der Waals surface area contributed by atoms with Gasteiger partial charge in [0, 0.05) is 54.9 Å². The summed E-state index contributed by atoms with van der Waals surface area (Å²) in [5.41, 5.74) is 1.79. The smallest absolute Gasteiger partial charge is 0.253 e. The van der Waals surface area contributed by atoms with Crippen LogP contribution in [0.15, 0.2) is 41.2 Å². The Morgan fingerprint density at radius 1 is 1.24 bits per heavy atom. The number of anilines is 1. The SMILES string of the molecule is N#Cc1ccc(NCc2cc3cc(Cl)c(O)cc3[nH]c2=O)cc1OCOCCN1CCOCC1. The molecule has 0 unspecified atom stereocenters. The summed E-state index contributed by atoms with van der Waals surface area (Å²) in [4.78, 5) is 17.4.